The fourth-order valence-electron chi connectivity index (χ4n) is 3.08. The number of nitrogens with zero attached hydrogens (tertiary/aromatic N) is 4. The number of carbonyl (C=O) groups excluding carboxylic acids is 1. The van der Waals surface area contributed by atoms with Crippen LogP contribution < -0.4 is 15.4 Å². The molecule has 2 aromatic carbocycles. The van der Waals surface area contributed by atoms with E-state index in [1.165, 1.54) is 17.4 Å². The zero-order valence-electron chi connectivity index (χ0n) is 18.3. The summed E-state index contributed by atoms with van der Waals surface area (Å²) in [5, 5.41) is 19.8. The molecular weight excluding hydrogens is 456 g/mol. The number of carbonyl (C=O) groups is 1. The zero-order valence-corrected chi connectivity index (χ0v) is 20.0. The number of rotatable bonds is 6. The second-order valence-corrected chi connectivity index (χ2v) is 8.52. The fraction of sp³-hybridized carbons (Fsp3) is 0.174. The van der Waals surface area contributed by atoms with E-state index in [4.69, 9.17) is 17.0 Å². The molecule has 1 amide bonds. The van der Waals surface area contributed by atoms with Crippen molar-refractivity contribution in [1.82, 2.24) is 25.1 Å². The molecule has 0 saturated heterocycles. The number of ether oxygens (including phenoxy) is 1. The number of thiocarbonyl (C=S) groups is 1. The lowest BCUT2D eigenvalue weighted by molar-refractivity contribution is -0.115. The largest absolute Gasteiger partial charge is 0.497 e. The van der Waals surface area contributed by atoms with Crippen molar-refractivity contribution >= 4 is 51.3 Å². The van der Waals surface area contributed by atoms with Crippen LogP contribution in [0.25, 0.3) is 21.6 Å². The average molecular weight is 479 g/mol. The number of nitrogens with one attached hydrogen (secondary N) is 2. The van der Waals surface area contributed by atoms with Crippen molar-refractivity contribution in [2.75, 3.05) is 12.4 Å². The fourth-order valence-corrected chi connectivity index (χ4v) is 4.14. The summed E-state index contributed by atoms with van der Waals surface area (Å²) < 4.78 is 6.90. The number of aromatic nitrogens is 4. The van der Waals surface area contributed by atoms with Crippen LogP contribution in [0.2, 0.25) is 0 Å². The molecule has 0 bridgehead atoms. The molecule has 0 unspecified atom stereocenters. The topological polar surface area (TPSA) is 93.4 Å². The highest BCUT2D eigenvalue weighted by Gasteiger charge is 2.13. The van der Waals surface area contributed by atoms with Gasteiger partial charge in [0, 0.05) is 23.7 Å². The Balaban J connectivity index is 1.43. The number of fused-ring (bicyclic) bond motifs is 1. The first-order chi connectivity index (χ1) is 16.0. The molecule has 8 nitrogen and oxygen atoms in total. The van der Waals surface area contributed by atoms with Crippen LogP contribution in [0.15, 0.2) is 48.5 Å². The lowest BCUT2D eigenvalue weighted by Gasteiger charge is -2.12. The third-order valence-electron chi connectivity index (χ3n) is 4.88. The van der Waals surface area contributed by atoms with Crippen molar-refractivity contribution in [1.29, 1.82) is 0 Å². The average Bonchev–Trinajstić information content (AvgIpc) is 3.40. The van der Waals surface area contributed by atoms with Gasteiger partial charge in [-0.3, -0.25) is 10.1 Å². The van der Waals surface area contributed by atoms with Gasteiger partial charge >= 0.3 is 0 Å². The Morgan fingerprint density at radius 1 is 1.21 bits per heavy atom. The highest BCUT2D eigenvalue weighted by Crippen LogP contribution is 2.29. The minimum atomic E-state index is -0.321. The molecule has 0 saturated carbocycles. The van der Waals surface area contributed by atoms with Gasteiger partial charge in [0.05, 0.1) is 7.11 Å². The molecule has 2 heterocycles. The summed E-state index contributed by atoms with van der Waals surface area (Å²) in [7, 11) is 1.61. The van der Waals surface area contributed by atoms with Crippen LogP contribution >= 0.6 is 23.6 Å². The predicted molar refractivity (Wildman–Crippen MR) is 135 cm³/mol. The summed E-state index contributed by atoms with van der Waals surface area (Å²) in [4.78, 5) is 13.0. The van der Waals surface area contributed by atoms with Gasteiger partial charge in [-0.05, 0) is 54.5 Å². The van der Waals surface area contributed by atoms with E-state index in [0.717, 1.165) is 50.3 Å². The Morgan fingerprint density at radius 3 is 2.73 bits per heavy atom. The molecule has 33 heavy (non-hydrogen) atoms. The molecule has 0 atom stereocenters. The maximum Gasteiger partial charge on any atom is 0.250 e. The molecule has 4 aromatic rings. The summed E-state index contributed by atoms with van der Waals surface area (Å²) in [5.74, 6) is 1.26. The van der Waals surface area contributed by atoms with Crippen molar-refractivity contribution < 1.29 is 9.53 Å². The maximum atomic E-state index is 12.3. The van der Waals surface area contributed by atoms with Gasteiger partial charge in [0.15, 0.2) is 10.9 Å². The highest BCUT2D eigenvalue weighted by molar-refractivity contribution is 7.80. The Bertz CT molecular complexity index is 1340. The third kappa shape index (κ3) is 5.24. The van der Waals surface area contributed by atoms with E-state index >= 15 is 0 Å². The van der Waals surface area contributed by atoms with E-state index in [1.807, 2.05) is 56.3 Å². The van der Waals surface area contributed by atoms with Gasteiger partial charge < -0.3 is 10.1 Å². The van der Waals surface area contributed by atoms with Crippen LogP contribution in [0, 0.1) is 6.92 Å². The number of hydrogen-bond acceptors (Lipinski definition) is 7. The first kappa shape index (κ1) is 22.6. The summed E-state index contributed by atoms with van der Waals surface area (Å²) in [6.45, 7) is 3.98. The number of aryl methyl sites for hydroxylation is 2. The van der Waals surface area contributed by atoms with Gasteiger partial charge in [-0.2, -0.15) is 9.61 Å². The molecule has 2 N–H and O–H groups in total. The summed E-state index contributed by atoms with van der Waals surface area (Å²) in [5.41, 5.74) is 3.58. The summed E-state index contributed by atoms with van der Waals surface area (Å²) in [6, 6.07) is 13.3. The first-order valence-corrected chi connectivity index (χ1v) is 11.5. The van der Waals surface area contributed by atoms with Gasteiger partial charge in [-0.25, -0.2) is 0 Å². The van der Waals surface area contributed by atoms with E-state index < -0.39 is 0 Å². The van der Waals surface area contributed by atoms with Gasteiger partial charge in [0.1, 0.15) is 10.8 Å². The molecule has 168 valence electrons. The van der Waals surface area contributed by atoms with Crippen molar-refractivity contribution in [3.63, 3.8) is 0 Å². The van der Waals surface area contributed by atoms with E-state index in [9.17, 15) is 4.79 Å². The van der Waals surface area contributed by atoms with Crippen LogP contribution in [0.1, 0.15) is 23.9 Å². The summed E-state index contributed by atoms with van der Waals surface area (Å²) >= 11 is 6.81. The summed E-state index contributed by atoms with van der Waals surface area (Å²) in [6.07, 6.45) is 3.90. The molecule has 0 fully saturated rings. The molecule has 0 radical (unpaired) electrons. The second kappa shape index (κ2) is 9.88. The van der Waals surface area contributed by atoms with Gasteiger partial charge in [-0.1, -0.05) is 42.5 Å². The third-order valence-corrected chi connectivity index (χ3v) is 6.04. The van der Waals surface area contributed by atoms with Gasteiger partial charge in [0.2, 0.25) is 10.9 Å². The first-order valence-electron chi connectivity index (χ1n) is 10.2. The number of benzene rings is 2. The van der Waals surface area contributed by atoms with E-state index in [-0.39, 0.29) is 11.0 Å². The van der Waals surface area contributed by atoms with E-state index in [1.54, 1.807) is 17.7 Å². The molecular formula is C23H22N6O2S2. The monoisotopic (exact) mass is 478 g/mol. The van der Waals surface area contributed by atoms with Gasteiger partial charge in [-0.15, -0.1) is 10.2 Å². The Morgan fingerprint density at radius 2 is 2.00 bits per heavy atom. The molecule has 0 aliphatic carbocycles. The number of amides is 1. The molecule has 0 aliphatic heterocycles. The lowest BCUT2D eigenvalue weighted by Crippen LogP contribution is -2.33. The van der Waals surface area contributed by atoms with Crippen LogP contribution in [-0.2, 0) is 11.2 Å². The quantitative estimate of drug-likeness (QED) is 0.316. The van der Waals surface area contributed by atoms with Crippen LogP contribution in [0.4, 0.5) is 5.69 Å². The number of methoxy groups -OCH3 is 1. The lowest BCUT2D eigenvalue weighted by atomic mass is 10.1. The van der Waals surface area contributed by atoms with Crippen LogP contribution in [0.3, 0.4) is 0 Å². The Hall–Kier alpha value is -3.63. The highest BCUT2D eigenvalue weighted by atomic mass is 32.1. The smallest absolute Gasteiger partial charge is 0.250 e. The van der Waals surface area contributed by atoms with Crippen molar-refractivity contribution in [3.05, 3.63) is 65.5 Å². The normalized spacial score (nSPS) is 11.1. The number of anilines is 1. The molecule has 10 heteroatoms. The predicted octanol–water partition coefficient (Wildman–Crippen LogP) is 4.26. The minimum Gasteiger partial charge on any atom is -0.497 e. The van der Waals surface area contributed by atoms with Crippen molar-refractivity contribution in [2.45, 2.75) is 20.3 Å². The number of hydrogen-bond donors (Lipinski definition) is 2. The SMILES string of the molecule is CCc1nnc2sc(-c3ccc(C)c(NC(=S)NC(=O)/C=C/c4ccc(OC)cc4)c3)nn12. The standard InChI is InChI=1S/C23H22N6O2S2/c1-4-19-26-27-23-29(19)28-21(33-23)16-9-5-14(2)18(13-16)24-22(32)25-20(30)12-8-15-6-10-17(31-3)11-7-15/h5-13H,4H2,1-3H3,(H2,24,25,30,32)/b12-8+. The molecule has 0 aliphatic rings. The van der Waals surface area contributed by atoms with Crippen molar-refractivity contribution in [3.8, 4) is 16.3 Å². The van der Waals surface area contributed by atoms with E-state index in [0.29, 0.717) is 0 Å². The van der Waals surface area contributed by atoms with Crippen molar-refractivity contribution in [2.24, 2.45) is 0 Å². The maximum absolute atomic E-state index is 12.3. The second-order valence-electron chi connectivity index (χ2n) is 7.15. The zero-order chi connectivity index (χ0) is 23.4. The Kier molecular flexibility index (Phi) is 6.76. The van der Waals surface area contributed by atoms with E-state index in [2.05, 4.69) is 25.9 Å². The Labute approximate surface area is 200 Å². The molecule has 4 rings (SSSR count). The minimum absolute atomic E-state index is 0.214. The molecule has 2 aromatic heterocycles. The molecule has 0 spiro atoms. The van der Waals surface area contributed by atoms with Crippen LogP contribution in [0.5, 0.6) is 5.75 Å². The van der Waals surface area contributed by atoms with Crippen LogP contribution in [-0.4, -0.2) is 37.9 Å². The van der Waals surface area contributed by atoms with Gasteiger partial charge in [0.25, 0.3) is 0 Å².